The lowest BCUT2D eigenvalue weighted by molar-refractivity contribution is 0.102. The molecule has 0 spiro atoms. The molecule has 2 N–H and O–H groups in total. The van der Waals surface area contributed by atoms with E-state index < -0.39 is 0 Å². The molecule has 160 valence electrons. The molecular weight excluding hydrogens is 386 g/mol. The van der Waals surface area contributed by atoms with Crippen molar-refractivity contribution in [1.29, 1.82) is 0 Å². The van der Waals surface area contributed by atoms with Gasteiger partial charge in [0.25, 0.3) is 0 Å². The molecule has 0 fully saturated rings. The first-order valence-corrected chi connectivity index (χ1v) is 10.5. The van der Waals surface area contributed by atoms with Crippen molar-refractivity contribution in [2.45, 2.75) is 25.9 Å². The Morgan fingerprint density at radius 3 is 2.23 bits per heavy atom. The summed E-state index contributed by atoms with van der Waals surface area (Å²) in [6.07, 6.45) is 4.14. The third-order valence-electron chi connectivity index (χ3n) is 5.03. The molecule has 0 atom stereocenters. The van der Waals surface area contributed by atoms with Crippen LogP contribution in [-0.2, 0) is 13.0 Å². The van der Waals surface area contributed by atoms with E-state index in [1.165, 1.54) is 5.56 Å². The largest absolute Gasteiger partial charge is 0.493 e. The molecule has 0 aliphatic heterocycles. The van der Waals surface area contributed by atoms with Gasteiger partial charge >= 0.3 is 0 Å². The molecule has 31 heavy (non-hydrogen) atoms. The first kappa shape index (κ1) is 22.3. The van der Waals surface area contributed by atoms with Gasteiger partial charge in [0.05, 0.1) is 7.11 Å². The number of hydrogen-bond acceptors (Lipinski definition) is 4. The van der Waals surface area contributed by atoms with E-state index in [1.807, 2.05) is 54.6 Å². The molecule has 0 saturated carbocycles. The minimum Gasteiger partial charge on any atom is -0.493 e. The number of rotatable bonds is 11. The van der Waals surface area contributed by atoms with E-state index >= 15 is 0 Å². The van der Waals surface area contributed by atoms with Gasteiger partial charge in [-0.3, -0.25) is 4.79 Å². The van der Waals surface area contributed by atoms with Gasteiger partial charge in [-0.15, -0.1) is 0 Å². The summed E-state index contributed by atoms with van der Waals surface area (Å²) in [5.74, 6) is 1.15. The van der Waals surface area contributed by atoms with E-state index in [9.17, 15) is 4.79 Å². The molecule has 4 nitrogen and oxygen atoms in total. The quantitative estimate of drug-likeness (QED) is 0.338. The Hall–Kier alpha value is -3.37. The number of carbonyl (C=O) groups is 1. The minimum absolute atomic E-state index is 0.00251. The highest BCUT2D eigenvalue weighted by Crippen LogP contribution is 2.30. The second kappa shape index (κ2) is 11.7. The predicted octanol–water partition coefficient (Wildman–Crippen LogP) is 5.36. The fourth-order valence-corrected chi connectivity index (χ4v) is 3.30. The topological polar surface area (TPSA) is 61.5 Å². The zero-order chi connectivity index (χ0) is 21.9. The number of hydrogen-bond donors (Lipinski definition) is 1. The van der Waals surface area contributed by atoms with Gasteiger partial charge in [-0.25, -0.2) is 0 Å². The maximum atomic E-state index is 13.2. The number of methoxy groups -OCH3 is 1. The molecule has 0 amide bonds. The molecule has 3 aromatic carbocycles. The van der Waals surface area contributed by atoms with Crippen molar-refractivity contribution in [2.75, 3.05) is 13.7 Å². The summed E-state index contributed by atoms with van der Waals surface area (Å²) in [4.78, 5) is 13.2. The molecule has 0 aliphatic carbocycles. The summed E-state index contributed by atoms with van der Waals surface area (Å²) in [7, 11) is 1.58. The summed E-state index contributed by atoms with van der Waals surface area (Å²) < 4.78 is 11.4. The third kappa shape index (κ3) is 6.56. The first-order chi connectivity index (χ1) is 15.2. The second-order valence-corrected chi connectivity index (χ2v) is 7.28. The SMILES string of the molecule is COc1cc(C(=O)/C(=C\Cc2ccccc2)CCCN)ccc1OCc1ccccc1. The van der Waals surface area contributed by atoms with Crippen molar-refractivity contribution in [3.8, 4) is 11.5 Å². The van der Waals surface area contributed by atoms with Gasteiger partial charge in [0.2, 0.25) is 0 Å². The fourth-order valence-electron chi connectivity index (χ4n) is 3.30. The van der Waals surface area contributed by atoms with Gasteiger partial charge in [-0.05, 0) is 60.7 Å². The number of ketones is 1. The van der Waals surface area contributed by atoms with Crippen LogP contribution in [-0.4, -0.2) is 19.4 Å². The van der Waals surface area contributed by atoms with Gasteiger partial charge in [-0.1, -0.05) is 66.7 Å². The number of nitrogens with two attached hydrogens (primary N) is 1. The number of ether oxygens (including phenoxy) is 2. The van der Waals surface area contributed by atoms with Crippen molar-refractivity contribution in [3.05, 3.63) is 107 Å². The maximum absolute atomic E-state index is 13.2. The van der Waals surface area contributed by atoms with E-state index in [0.29, 0.717) is 43.1 Å². The summed E-state index contributed by atoms with van der Waals surface area (Å²) in [6, 6.07) is 25.4. The van der Waals surface area contributed by atoms with Crippen LogP contribution in [0.15, 0.2) is 90.5 Å². The average molecular weight is 416 g/mol. The number of carbonyl (C=O) groups excluding carboxylic acids is 1. The Balaban J connectivity index is 1.77. The molecule has 4 heteroatoms. The predicted molar refractivity (Wildman–Crippen MR) is 125 cm³/mol. The van der Waals surface area contributed by atoms with Crippen LogP contribution in [0.2, 0.25) is 0 Å². The van der Waals surface area contributed by atoms with Crippen molar-refractivity contribution in [3.63, 3.8) is 0 Å². The molecule has 3 rings (SSSR count). The average Bonchev–Trinajstić information content (AvgIpc) is 2.83. The number of allylic oxidation sites excluding steroid dienone is 2. The molecule has 0 unspecified atom stereocenters. The van der Waals surface area contributed by atoms with Crippen molar-refractivity contribution in [2.24, 2.45) is 5.73 Å². The van der Waals surface area contributed by atoms with E-state index in [0.717, 1.165) is 17.6 Å². The van der Waals surface area contributed by atoms with Crippen LogP contribution in [0.3, 0.4) is 0 Å². The lowest BCUT2D eigenvalue weighted by Gasteiger charge is -2.13. The van der Waals surface area contributed by atoms with Crippen LogP contribution in [0.5, 0.6) is 11.5 Å². The van der Waals surface area contributed by atoms with E-state index in [4.69, 9.17) is 15.2 Å². The van der Waals surface area contributed by atoms with Crippen LogP contribution in [0, 0.1) is 0 Å². The summed E-state index contributed by atoms with van der Waals surface area (Å²) >= 11 is 0. The highest BCUT2D eigenvalue weighted by molar-refractivity contribution is 6.09. The van der Waals surface area contributed by atoms with Crippen molar-refractivity contribution in [1.82, 2.24) is 0 Å². The third-order valence-corrected chi connectivity index (χ3v) is 5.03. The van der Waals surface area contributed by atoms with E-state index in [1.54, 1.807) is 25.3 Å². The summed E-state index contributed by atoms with van der Waals surface area (Å²) in [6.45, 7) is 0.981. The van der Waals surface area contributed by atoms with Gasteiger partial charge in [0.1, 0.15) is 6.61 Å². The Kier molecular flexibility index (Phi) is 8.44. The van der Waals surface area contributed by atoms with Crippen LogP contribution < -0.4 is 15.2 Å². The van der Waals surface area contributed by atoms with Gasteiger partial charge in [-0.2, -0.15) is 0 Å². The van der Waals surface area contributed by atoms with E-state index in [-0.39, 0.29) is 5.78 Å². The lowest BCUT2D eigenvalue weighted by atomic mass is 9.97. The molecule has 0 saturated heterocycles. The monoisotopic (exact) mass is 415 g/mol. The minimum atomic E-state index is -0.00251. The van der Waals surface area contributed by atoms with Crippen LogP contribution in [0.25, 0.3) is 0 Å². The Morgan fingerprint density at radius 1 is 0.903 bits per heavy atom. The summed E-state index contributed by atoms with van der Waals surface area (Å²) in [5, 5.41) is 0. The van der Waals surface area contributed by atoms with Gasteiger partial charge in [0, 0.05) is 5.56 Å². The highest BCUT2D eigenvalue weighted by atomic mass is 16.5. The zero-order valence-corrected chi connectivity index (χ0v) is 17.9. The van der Waals surface area contributed by atoms with Crippen LogP contribution >= 0.6 is 0 Å². The van der Waals surface area contributed by atoms with Crippen molar-refractivity contribution >= 4 is 5.78 Å². The van der Waals surface area contributed by atoms with Crippen molar-refractivity contribution < 1.29 is 14.3 Å². The molecule has 0 radical (unpaired) electrons. The first-order valence-electron chi connectivity index (χ1n) is 10.5. The molecule has 0 heterocycles. The number of Topliss-reactive ketones (excluding diaryl/α,β-unsaturated/α-hetero) is 1. The number of benzene rings is 3. The lowest BCUT2D eigenvalue weighted by Crippen LogP contribution is -2.08. The molecular formula is C27H29NO3. The molecule has 3 aromatic rings. The molecule has 0 bridgehead atoms. The van der Waals surface area contributed by atoms with Crippen LogP contribution in [0.1, 0.15) is 34.3 Å². The van der Waals surface area contributed by atoms with Gasteiger partial charge in [0.15, 0.2) is 17.3 Å². The van der Waals surface area contributed by atoms with Crippen LogP contribution in [0.4, 0.5) is 0 Å². The maximum Gasteiger partial charge on any atom is 0.188 e. The fraction of sp³-hybridized carbons (Fsp3) is 0.222. The molecule has 0 aliphatic rings. The highest BCUT2D eigenvalue weighted by Gasteiger charge is 2.15. The normalized spacial score (nSPS) is 11.2. The Bertz CT molecular complexity index is 998. The molecule has 0 aromatic heterocycles. The smallest absolute Gasteiger partial charge is 0.188 e. The van der Waals surface area contributed by atoms with E-state index in [2.05, 4.69) is 12.1 Å². The summed E-state index contributed by atoms with van der Waals surface area (Å²) in [5.41, 5.74) is 9.29. The Labute approximate surface area is 184 Å². The standard InChI is InChI=1S/C27H29NO3/c1-30-26-19-24(16-17-25(26)31-20-22-11-6-3-7-12-22)27(29)23(13-8-18-28)15-14-21-9-4-2-5-10-21/h2-7,9-12,15-17,19H,8,13-14,18,20,28H2,1H3/b23-15-. The second-order valence-electron chi connectivity index (χ2n) is 7.28. The Morgan fingerprint density at radius 2 is 1.58 bits per heavy atom. The zero-order valence-electron chi connectivity index (χ0n) is 17.9. The van der Waals surface area contributed by atoms with Gasteiger partial charge < -0.3 is 15.2 Å².